The lowest BCUT2D eigenvalue weighted by atomic mass is 10.0. The summed E-state index contributed by atoms with van der Waals surface area (Å²) >= 11 is 4.69. The fraction of sp³-hybridized carbons (Fsp3) is 0.565. The Kier molecular flexibility index (Phi) is 11.6. The van der Waals surface area contributed by atoms with Crippen molar-refractivity contribution in [2.24, 2.45) is 0 Å². The van der Waals surface area contributed by atoms with Crippen LogP contribution in [0.15, 0.2) is 23.1 Å². The molecule has 2 aliphatic heterocycles. The van der Waals surface area contributed by atoms with Gasteiger partial charge in [-0.05, 0) is 18.6 Å². The summed E-state index contributed by atoms with van der Waals surface area (Å²) in [7, 11) is 0. The van der Waals surface area contributed by atoms with E-state index >= 15 is 0 Å². The molecule has 1 atom stereocenters. The van der Waals surface area contributed by atoms with Crippen LogP contribution in [0.5, 0.6) is 0 Å². The maximum absolute atomic E-state index is 13.1. The molecule has 0 bridgehead atoms. The van der Waals surface area contributed by atoms with Crippen molar-refractivity contribution in [2.45, 2.75) is 23.8 Å². The van der Waals surface area contributed by atoms with E-state index in [1.54, 1.807) is 18.2 Å². The average molecular weight is 573 g/mol. The average Bonchev–Trinajstić information content (AvgIpc) is 3.10. The van der Waals surface area contributed by atoms with Crippen LogP contribution in [-0.4, -0.2) is 98.5 Å². The maximum atomic E-state index is 13.1. The van der Waals surface area contributed by atoms with Crippen molar-refractivity contribution in [1.29, 1.82) is 0 Å². The highest BCUT2D eigenvalue weighted by atomic mass is 79.9. The number of piperidine rings is 1. The van der Waals surface area contributed by atoms with Gasteiger partial charge in [0.1, 0.15) is 6.04 Å². The van der Waals surface area contributed by atoms with Gasteiger partial charge in [-0.1, -0.05) is 22.0 Å². The standard InChI is InChI=1S/C23H29BrN2O8S/c24-6-7-31-8-9-32-10-11-33-12-13-34-14-15-35-18-3-1-2-16-20(18)23(30)26(22(16)29)17-4-5-19(27)25-21(17)28/h1-3,17H,4-15H2,(H,25,27,28). The van der Waals surface area contributed by atoms with Crippen LogP contribution in [0.3, 0.4) is 0 Å². The highest BCUT2D eigenvalue weighted by Crippen LogP contribution is 2.34. The van der Waals surface area contributed by atoms with E-state index in [0.717, 1.165) is 10.2 Å². The monoisotopic (exact) mass is 572 g/mol. The molecule has 4 amide bonds. The third-order valence-corrected chi connectivity index (χ3v) is 6.60. The number of ether oxygens (including phenoxy) is 4. The number of benzene rings is 1. The third-order valence-electron chi connectivity index (χ3n) is 5.25. The van der Waals surface area contributed by atoms with Crippen LogP contribution in [0.1, 0.15) is 33.6 Å². The summed E-state index contributed by atoms with van der Waals surface area (Å²) in [4.78, 5) is 51.2. The highest BCUT2D eigenvalue weighted by molar-refractivity contribution is 9.09. The SMILES string of the molecule is O=C1CCC(N2C(=O)c3cccc(SCCOCCOCCOCCOCCBr)c3C2=O)C(=O)N1. The number of thioether (sulfide) groups is 1. The van der Waals surface area contributed by atoms with Crippen LogP contribution in [-0.2, 0) is 28.5 Å². The van der Waals surface area contributed by atoms with E-state index in [1.165, 1.54) is 11.8 Å². The van der Waals surface area contributed by atoms with Gasteiger partial charge >= 0.3 is 0 Å². The number of amides is 4. The maximum Gasteiger partial charge on any atom is 0.263 e. The number of alkyl halides is 1. The van der Waals surface area contributed by atoms with Crippen LogP contribution in [0.4, 0.5) is 0 Å². The minimum atomic E-state index is -0.973. The molecule has 10 nitrogen and oxygen atoms in total. The second-order valence-corrected chi connectivity index (χ2v) is 9.54. The molecule has 3 rings (SSSR count). The normalized spacial score (nSPS) is 17.7. The number of halogens is 1. The van der Waals surface area contributed by atoms with E-state index in [4.69, 9.17) is 18.9 Å². The second-order valence-electron chi connectivity index (χ2n) is 7.61. The molecule has 1 aromatic rings. The van der Waals surface area contributed by atoms with Crippen molar-refractivity contribution in [3.05, 3.63) is 29.3 Å². The van der Waals surface area contributed by atoms with Crippen molar-refractivity contribution in [1.82, 2.24) is 10.2 Å². The Labute approximate surface area is 216 Å². The molecule has 1 fully saturated rings. The minimum Gasteiger partial charge on any atom is -0.378 e. The van der Waals surface area contributed by atoms with Crippen molar-refractivity contribution in [3.63, 3.8) is 0 Å². The number of fused-ring (bicyclic) bond motifs is 1. The molecule has 12 heteroatoms. The van der Waals surface area contributed by atoms with Crippen molar-refractivity contribution < 1.29 is 38.1 Å². The number of hydrogen-bond donors (Lipinski definition) is 1. The zero-order valence-corrected chi connectivity index (χ0v) is 21.7. The lowest BCUT2D eigenvalue weighted by Gasteiger charge is -2.27. The zero-order valence-electron chi connectivity index (χ0n) is 19.3. The van der Waals surface area contributed by atoms with Crippen LogP contribution >= 0.6 is 27.7 Å². The van der Waals surface area contributed by atoms with Gasteiger partial charge in [0.15, 0.2) is 0 Å². The van der Waals surface area contributed by atoms with E-state index in [-0.39, 0.29) is 18.4 Å². The summed E-state index contributed by atoms with van der Waals surface area (Å²) in [6.07, 6.45) is 0.221. The van der Waals surface area contributed by atoms with Gasteiger partial charge < -0.3 is 18.9 Å². The van der Waals surface area contributed by atoms with E-state index < -0.39 is 29.7 Å². The van der Waals surface area contributed by atoms with Crippen molar-refractivity contribution in [3.8, 4) is 0 Å². The number of hydrogen-bond acceptors (Lipinski definition) is 9. The Bertz CT molecular complexity index is 916. The predicted octanol–water partition coefficient (Wildman–Crippen LogP) is 1.64. The van der Waals surface area contributed by atoms with E-state index in [2.05, 4.69) is 21.2 Å². The molecule has 0 aromatic heterocycles. The lowest BCUT2D eigenvalue weighted by Crippen LogP contribution is -2.54. The predicted molar refractivity (Wildman–Crippen MR) is 131 cm³/mol. The zero-order chi connectivity index (χ0) is 25.0. The van der Waals surface area contributed by atoms with Gasteiger partial charge in [0.05, 0.1) is 64.0 Å². The molecule has 35 heavy (non-hydrogen) atoms. The van der Waals surface area contributed by atoms with Crippen LogP contribution in [0.25, 0.3) is 0 Å². The summed E-state index contributed by atoms with van der Waals surface area (Å²) in [5.74, 6) is -1.45. The van der Waals surface area contributed by atoms with Crippen LogP contribution < -0.4 is 5.32 Å². The largest absolute Gasteiger partial charge is 0.378 e. The third kappa shape index (κ3) is 7.83. The molecular weight excluding hydrogens is 544 g/mol. The van der Waals surface area contributed by atoms with Gasteiger partial charge in [-0.25, -0.2) is 0 Å². The molecule has 0 spiro atoms. The molecule has 1 unspecified atom stereocenters. The lowest BCUT2D eigenvalue weighted by molar-refractivity contribution is -0.136. The molecule has 192 valence electrons. The Hall–Kier alpha value is -1.83. The second kappa shape index (κ2) is 14.7. The summed E-state index contributed by atoms with van der Waals surface area (Å²) in [5, 5.41) is 3.01. The van der Waals surface area contributed by atoms with Crippen molar-refractivity contribution in [2.75, 3.05) is 63.9 Å². The molecule has 1 aromatic carbocycles. The van der Waals surface area contributed by atoms with Gasteiger partial charge in [-0.3, -0.25) is 29.4 Å². The van der Waals surface area contributed by atoms with Gasteiger partial charge in [-0.15, -0.1) is 11.8 Å². The molecule has 0 aliphatic carbocycles. The van der Waals surface area contributed by atoms with Crippen LogP contribution in [0.2, 0.25) is 0 Å². The molecule has 1 N–H and O–H groups in total. The first-order valence-electron chi connectivity index (χ1n) is 11.4. The quantitative estimate of drug-likeness (QED) is 0.136. The molecule has 0 radical (unpaired) electrons. The van der Waals surface area contributed by atoms with E-state index in [1.807, 2.05) is 0 Å². The molecule has 1 saturated heterocycles. The molecule has 2 aliphatic rings. The Morgan fingerprint density at radius 3 is 2.14 bits per heavy atom. The number of carbonyl (C=O) groups is 4. The summed E-state index contributed by atoms with van der Waals surface area (Å²) in [6, 6.07) is 4.10. The Morgan fingerprint density at radius 1 is 0.886 bits per heavy atom. The first kappa shape index (κ1) is 27.8. The molecule has 0 saturated carbocycles. The highest BCUT2D eigenvalue weighted by Gasteiger charge is 2.45. The summed E-state index contributed by atoms with van der Waals surface area (Å²) in [6.45, 7) is 4.06. The fourth-order valence-corrected chi connectivity index (χ4v) is 4.80. The number of rotatable bonds is 16. The first-order valence-corrected chi connectivity index (χ1v) is 13.5. The van der Waals surface area contributed by atoms with Crippen LogP contribution in [0, 0.1) is 0 Å². The molecular formula is C23H29BrN2O8S. The Balaban J connectivity index is 1.35. The number of carbonyl (C=O) groups excluding carboxylic acids is 4. The number of nitrogens with zero attached hydrogens (tertiary/aromatic N) is 1. The van der Waals surface area contributed by atoms with E-state index in [9.17, 15) is 19.2 Å². The van der Waals surface area contributed by atoms with Gasteiger partial charge in [0, 0.05) is 22.4 Å². The number of nitrogens with one attached hydrogen (secondary N) is 1. The fourth-order valence-electron chi connectivity index (χ4n) is 3.63. The first-order chi connectivity index (χ1) is 17.0. The topological polar surface area (TPSA) is 120 Å². The Morgan fingerprint density at radius 2 is 1.51 bits per heavy atom. The van der Waals surface area contributed by atoms with E-state index in [0.29, 0.717) is 69.1 Å². The van der Waals surface area contributed by atoms with Gasteiger partial charge in [-0.2, -0.15) is 0 Å². The summed E-state index contributed by atoms with van der Waals surface area (Å²) in [5.41, 5.74) is 0.573. The van der Waals surface area contributed by atoms with Crippen molar-refractivity contribution >= 4 is 51.3 Å². The summed E-state index contributed by atoms with van der Waals surface area (Å²) < 4.78 is 21.7. The smallest absolute Gasteiger partial charge is 0.263 e. The number of imide groups is 2. The van der Waals surface area contributed by atoms with Gasteiger partial charge in [0.25, 0.3) is 11.8 Å². The minimum absolute atomic E-state index is 0.0894. The van der Waals surface area contributed by atoms with Gasteiger partial charge in [0.2, 0.25) is 11.8 Å². The molecule has 2 heterocycles.